The Labute approximate surface area is 180 Å². The third kappa shape index (κ3) is 3.61. The number of ether oxygens (including phenoxy) is 1. The number of nitrogens with zero attached hydrogens (tertiary/aromatic N) is 3. The summed E-state index contributed by atoms with van der Waals surface area (Å²) in [5, 5.41) is 3.02. The summed E-state index contributed by atoms with van der Waals surface area (Å²) in [5.74, 6) is -0.249. The normalized spacial score (nSPS) is 23.3. The molecular formula is C23H25FN4O3. The number of carbonyl (C=O) groups is 2. The number of likely N-dealkylation sites (tertiary alicyclic amines) is 1. The number of amides is 2. The summed E-state index contributed by atoms with van der Waals surface area (Å²) in [6, 6.07) is 15.9. The van der Waals surface area contributed by atoms with Gasteiger partial charge in [-0.3, -0.25) is 14.6 Å². The summed E-state index contributed by atoms with van der Waals surface area (Å²) in [6.07, 6.45) is 0.774. The highest BCUT2D eigenvalue weighted by atomic mass is 19.1. The van der Waals surface area contributed by atoms with Gasteiger partial charge in [0.25, 0.3) is 0 Å². The number of nitrogens with one attached hydrogen (secondary N) is 1. The van der Waals surface area contributed by atoms with E-state index in [0.29, 0.717) is 25.4 Å². The second-order valence-corrected chi connectivity index (χ2v) is 8.35. The van der Waals surface area contributed by atoms with Crippen LogP contribution in [0.2, 0.25) is 0 Å². The van der Waals surface area contributed by atoms with Crippen LogP contribution in [0.1, 0.15) is 12.8 Å². The molecule has 8 heteroatoms. The molecule has 1 N–H and O–H groups in total. The predicted octanol–water partition coefficient (Wildman–Crippen LogP) is 2.58. The van der Waals surface area contributed by atoms with E-state index in [1.54, 1.807) is 12.1 Å². The van der Waals surface area contributed by atoms with E-state index in [1.165, 1.54) is 17.0 Å². The zero-order valence-corrected chi connectivity index (χ0v) is 17.2. The van der Waals surface area contributed by atoms with Crippen LogP contribution in [0.3, 0.4) is 0 Å². The predicted molar refractivity (Wildman–Crippen MR) is 114 cm³/mol. The average molecular weight is 424 g/mol. The largest absolute Gasteiger partial charge is 0.443 e. The molecule has 162 valence electrons. The first-order valence-electron chi connectivity index (χ1n) is 10.6. The molecule has 0 bridgehead atoms. The van der Waals surface area contributed by atoms with Gasteiger partial charge in [-0.15, -0.1) is 0 Å². The quantitative estimate of drug-likeness (QED) is 0.818. The van der Waals surface area contributed by atoms with Crippen LogP contribution in [0.4, 0.5) is 20.6 Å². The second-order valence-electron chi connectivity index (χ2n) is 8.35. The first-order chi connectivity index (χ1) is 15.0. The molecule has 7 nitrogen and oxygen atoms in total. The van der Waals surface area contributed by atoms with Gasteiger partial charge in [0.1, 0.15) is 17.5 Å². The van der Waals surface area contributed by atoms with Crippen molar-refractivity contribution in [2.45, 2.75) is 24.5 Å². The van der Waals surface area contributed by atoms with Crippen LogP contribution in [-0.2, 0) is 9.53 Å². The Bertz CT molecular complexity index is 961. The Morgan fingerprint density at radius 3 is 2.42 bits per heavy atom. The van der Waals surface area contributed by atoms with E-state index in [0.717, 1.165) is 31.6 Å². The molecule has 0 aromatic heterocycles. The molecule has 0 saturated carbocycles. The van der Waals surface area contributed by atoms with Crippen molar-refractivity contribution in [3.8, 4) is 0 Å². The van der Waals surface area contributed by atoms with Crippen molar-refractivity contribution in [1.82, 2.24) is 10.2 Å². The third-order valence-corrected chi connectivity index (χ3v) is 6.56. The zero-order chi connectivity index (χ0) is 21.4. The van der Waals surface area contributed by atoms with Crippen molar-refractivity contribution in [2.24, 2.45) is 0 Å². The molecular weight excluding hydrogens is 399 g/mol. The highest BCUT2D eigenvalue weighted by Crippen LogP contribution is 2.36. The van der Waals surface area contributed by atoms with E-state index in [4.69, 9.17) is 4.74 Å². The molecule has 3 fully saturated rings. The number of hydrogen-bond acceptors (Lipinski definition) is 5. The minimum atomic E-state index is -0.523. The maximum absolute atomic E-state index is 13.2. The van der Waals surface area contributed by atoms with E-state index in [-0.39, 0.29) is 17.8 Å². The van der Waals surface area contributed by atoms with Crippen LogP contribution in [0.5, 0.6) is 0 Å². The van der Waals surface area contributed by atoms with E-state index in [1.807, 2.05) is 30.3 Å². The lowest BCUT2D eigenvalue weighted by atomic mass is 9.85. The molecule has 1 atom stereocenters. The number of hydrogen-bond donors (Lipinski definition) is 1. The Balaban J connectivity index is 1.22. The van der Waals surface area contributed by atoms with Gasteiger partial charge in [0, 0.05) is 31.0 Å². The van der Waals surface area contributed by atoms with Crippen molar-refractivity contribution in [3.63, 3.8) is 0 Å². The van der Waals surface area contributed by atoms with Gasteiger partial charge >= 0.3 is 6.09 Å². The van der Waals surface area contributed by atoms with Crippen LogP contribution in [-0.4, -0.2) is 61.4 Å². The van der Waals surface area contributed by atoms with Gasteiger partial charge in [-0.05, 0) is 49.2 Å². The number of cyclic esters (lactones) is 1. The summed E-state index contributed by atoms with van der Waals surface area (Å²) in [5.41, 5.74) is 1.16. The Morgan fingerprint density at radius 2 is 1.71 bits per heavy atom. The topological polar surface area (TPSA) is 65.1 Å². The molecule has 31 heavy (non-hydrogen) atoms. The van der Waals surface area contributed by atoms with Crippen molar-refractivity contribution in [1.29, 1.82) is 0 Å². The molecule has 2 amide bonds. The molecule has 3 heterocycles. The summed E-state index contributed by atoms with van der Waals surface area (Å²) in [4.78, 5) is 31.0. The minimum Gasteiger partial charge on any atom is -0.443 e. The minimum absolute atomic E-state index is 0.0887. The maximum Gasteiger partial charge on any atom is 0.414 e. The standard InChI is InChI=1S/C23H25FN4O3/c24-17-6-8-18(9-7-17)27-15-20(31-22(27)30)14-26-12-10-23(11-13-26)21(29)25-16-28(23)19-4-2-1-3-5-19/h1-9,20H,10-16H2,(H,25,29). The van der Waals surface area contributed by atoms with Crippen LogP contribution in [0, 0.1) is 5.82 Å². The smallest absolute Gasteiger partial charge is 0.414 e. The fourth-order valence-corrected chi connectivity index (χ4v) is 4.87. The molecule has 2 aromatic rings. The molecule has 3 aliphatic rings. The monoisotopic (exact) mass is 424 g/mol. The fraction of sp³-hybridized carbons (Fsp3) is 0.391. The van der Waals surface area contributed by atoms with E-state index >= 15 is 0 Å². The number of halogens is 1. The lowest BCUT2D eigenvalue weighted by molar-refractivity contribution is -0.125. The number of anilines is 2. The van der Waals surface area contributed by atoms with E-state index < -0.39 is 11.6 Å². The van der Waals surface area contributed by atoms with Crippen molar-refractivity contribution in [2.75, 3.05) is 42.6 Å². The van der Waals surface area contributed by atoms with E-state index in [9.17, 15) is 14.0 Å². The Morgan fingerprint density at radius 1 is 1.00 bits per heavy atom. The molecule has 1 spiro atoms. The first-order valence-corrected chi connectivity index (χ1v) is 10.6. The third-order valence-electron chi connectivity index (χ3n) is 6.56. The molecule has 2 aromatic carbocycles. The lowest BCUT2D eigenvalue weighted by Crippen LogP contribution is -2.57. The first kappa shape index (κ1) is 19.8. The molecule has 1 unspecified atom stereocenters. The Hall–Kier alpha value is -3.13. The fourth-order valence-electron chi connectivity index (χ4n) is 4.87. The maximum atomic E-state index is 13.2. The van der Waals surface area contributed by atoms with Gasteiger partial charge in [-0.1, -0.05) is 18.2 Å². The van der Waals surface area contributed by atoms with Gasteiger partial charge < -0.3 is 15.0 Å². The van der Waals surface area contributed by atoms with Crippen molar-refractivity contribution in [3.05, 3.63) is 60.4 Å². The van der Waals surface area contributed by atoms with Gasteiger partial charge in [-0.2, -0.15) is 0 Å². The summed E-state index contributed by atoms with van der Waals surface area (Å²) in [6.45, 7) is 3.08. The number of para-hydroxylation sites is 1. The Kier molecular flexibility index (Phi) is 5.02. The van der Waals surface area contributed by atoms with E-state index in [2.05, 4.69) is 15.1 Å². The number of carbonyl (C=O) groups excluding carboxylic acids is 2. The molecule has 3 saturated heterocycles. The summed E-state index contributed by atoms with van der Waals surface area (Å²) >= 11 is 0. The summed E-state index contributed by atoms with van der Waals surface area (Å²) in [7, 11) is 0. The molecule has 0 aliphatic carbocycles. The SMILES string of the molecule is O=C1OC(CN2CCC3(CC2)C(=O)NCN3c2ccccc2)CN1c1ccc(F)cc1. The van der Waals surface area contributed by atoms with Gasteiger partial charge in [0.15, 0.2) is 0 Å². The summed E-state index contributed by atoms with van der Waals surface area (Å²) < 4.78 is 18.7. The van der Waals surface area contributed by atoms with Crippen molar-refractivity contribution < 1.29 is 18.7 Å². The van der Waals surface area contributed by atoms with Gasteiger partial charge in [0.2, 0.25) is 5.91 Å². The number of piperidine rings is 1. The molecule has 5 rings (SSSR count). The zero-order valence-electron chi connectivity index (χ0n) is 17.2. The number of rotatable bonds is 4. The number of benzene rings is 2. The van der Waals surface area contributed by atoms with Crippen LogP contribution < -0.4 is 15.1 Å². The van der Waals surface area contributed by atoms with Gasteiger partial charge in [-0.25, -0.2) is 9.18 Å². The molecule has 3 aliphatic heterocycles. The second kappa shape index (κ2) is 7.85. The van der Waals surface area contributed by atoms with Crippen molar-refractivity contribution >= 4 is 23.4 Å². The van der Waals surface area contributed by atoms with Crippen LogP contribution in [0.25, 0.3) is 0 Å². The lowest BCUT2D eigenvalue weighted by Gasteiger charge is -2.43. The highest BCUT2D eigenvalue weighted by Gasteiger charge is 2.50. The van der Waals surface area contributed by atoms with Gasteiger partial charge in [0.05, 0.1) is 13.2 Å². The highest BCUT2D eigenvalue weighted by molar-refractivity contribution is 5.93. The average Bonchev–Trinajstić information content (AvgIpc) is 3.31. The van der Waals surface area contributed by atoms with Crippen LogP contribution in [0.15, 0.2) is 54.6 Å². The van der Waals surface area contributed by atoms with Crippen LogP contribution >= 0.6 is 0 Å². The molecule has 0 radical (unpaired) electrons.